The lowest BCUT2D eigenvalue weighted by Crippen LogP contribution is -2.13. The smallest absolute Gasteiger partial charge is 0.267 e. The Morgan fingerprint density at radius 1 is 1.25 bits per heavy atom. The van der Waals surface area contributed by atoms with Gasteiger partial charge in [-0.15, -0.1) is 0 Å². The number of hydrogen-bond acceptors (Lipinski definition) is 5. The van der Waals surface area contributed by atoms with E-state index in [1.54, 1.807) is 12.1 Å². The summed E-state index contributed by atoms with van der Waals surface area (Å²) in [7, 11) is 0. The van der Waals surface area contributed by atoms with E-state index in [2.05, 4.69) is 10.3 Å². The Morgan fingerprint density at radius 3 is 2.80 bits per heavy atom. The summed E-state index contributed by atoms with van der Waals surface area (Å²) in [5.41, 5.74) is 12.4. The first-order valence-electron chi connectivity index (χ1n) is 6.15. The van der Waals surface area contributed by atoms with Crippen molar-refractivity contribution in [3.05, 3.63) is 48.3 Å². The maximum absolute atomic E-state index is 11.1. The number of anilines is 2. The third-order valence-electron chi connectivity index (χ3n) is 2.52. The first kappa shape index (κ1) is 13.8. The highest BCUT2D eigenvalue weighted by Crippen LogP contribution is 2.21. The summed E-state index contributed by atoms with van der Waals surface area (Å²) in [6.45, 7) is 0.925. The number of benzene rings is 1. The van der Waals surface area contributed by atoms with Gasteiger partial charge < -0.3 is 21.5 Å². The van der Waals surface area contributed by atoms with Crippen LogP contribution in [0.4, 0.5) is 11.4 Å². The second kappa shape index (κ2) is 6.53. The Bertz CT molecular complexity index is 601. The van der Waals surface area contributed by atoms with E-state index < -0.39 is 5.91 Å². The van der Waals surface area contributed by atoms with Crippen LogP contribution in [0.2, 0.25) is 0 Å². The van der Waals surface area contributed by atoms with E-state index in [4.69, 9.17) is 16.2 Å². The van der Waals surface area contributed by atoms with E-state index >= 15 is 0 Å². The average Bonchev–Trinajstić information content (AvgIpc) is 2.46. The number of primary amides is 1. The molecule has 0 saturated carbocycles. The number of carbonyl (C=O) groups is 1. The molecule has 5 N–H and O–H groups in total. The molecular weight excluding hydrogens is 256 g/mol. The molecule has 0 aliphatic rings. The van der Waals surface area contributed by atoms with Crippen LogP contribution in [0.3, 0.4) is 0 Å². The van der Waals surface area contributed by atoms with Crippen molar-refractivity contribution < 1.29 is 9.53 Å². The third kappa shape index (κ3) is 3.69. The van der Waals surface area contributed by atoms with E-state index in [0.717, 1.165) is 17.1 Å². The lowest BCUT2D eigenvalue weighted by molar-refractivity contribution is 0.0995. The zero-order valence-electron chi connectivity index (χ0n) is 10.9. The second-order valence-electron chi connectivity index (χ2n) is 4.08. The molecule has 1 aromatic heterocycles. The Kier molecular flexibility index (Phi) is 4.52. The third-order valence-corrected chi connectivity index (χ3v) is 2.52. The van der Waals surface area contributed by atoms with Crippen molar-refractivity contribution in [2.24, 2.45) is 11.5 Å². The lowest BCUT2D eigenvalue weighted by atomic mass is 10.2. The highest BCUT2D eigenvalue weighted by Gasteiger charge is 2.03. The number of rotatable bonds is 6. The Hall–Kier alpha value is -2.60. The molecule has 1 aromatic carbocycles. The van der Waals surface area contributed by atoms with Gasteiger partial charge in [0.15, 0.2) is 0 Å². The summed E-state index contributed by atoms with van der Waals surface area (Å²) >= 11 is 0. The summed E-state index contributed by atoms with van der Waals surface area (Å²) in [5.74, 6) is 0.165. The summed E-state index contributed by atoms with van der Waals surface area (Å²) in [6, 6.07) is 10.8. The van der Waals surface area contributed by atoms with Crippen molar-refractivity contribution in [2.45, 2.75) is 0 Å². The van der Waals surface area contributed by atoms with Crippen molar-refractivity contribution in [3.8, 4) is 5.75 Å². The Labute approximate surface area is 116 Å². The van der Waals surface area contributed by atoms with Crippen LogP contribution in [0.5, 0.6) is 5.75 Å². The summed E-state index contributed by atoms with van der Waals surface area (Å²) in [6.07, 6.45) is 1.52. The largest absolute Gasteiger partial charge is 0.492 e. The fourth-order valence-corrected chi connectivity index (χ4v) is 1.65. The first-order chi connectivity index (χ1) is 9.69. The molecule has 0 atom stereocenters. The van der Waals surface area contributed by atoms with Crippen LogP contribution in [0, 0.1) is 0 Å². The van der Waals surface area contributed by atoms with Gasteiger partial charge in [-0.3, -0.25) is 9.78 Å². The molecule has 0 spiro atoms. The molecule has 0 saturated heterocycles. The van der Waals surface area contributed by atoms with Gasteiger partial charge in [0, 0.05) is 30.2 Å². The van der Waals surface area contributed by atoms with Crippen molar-refractivity contribution >= 4 is 17.3 Å². The van der Waals surface area contributed by atoms with Crippen molar-refractivity contribution in [1.29, 1.82) is 0 Å². The van der Waals surface area contributed by atoms with Crippen LogP contribution in [0.25, 0.3) is 0 Å². The van der Waals surface area contributed by atoms with Crippen LogP contribution in [-0.2, 0) is 0 Å². The van der Waals surface area contributed by atoms with Gasteiger partial charge in [0.25, 0.3) is 5.91 Å². The fraction of sp³-hybridized carbons (Fsp3) is 0.143. The summed E-state index contributed by atoms with van der Waals surface area (Å²) in [5, 5.41) is 3.16. The molecule has 2 rings (SSSR count). The van der Waals surface area contributed by atoms with Gasteiger partial charge in [-0.2, -0.15) is 0 Å². The molecule has 6 heteroatoms. The molecule has 0 aliphatic heterocycles. The van der Waals surface area contributed by atoms with Crippen molar-refractivity contribution in [3.63, 3.8) is 0 Å². The topological polar surface area (TPSA) is 103 Å². The van der Waals surface area contributed by atoms with E-state index in [9.17, 15) is 4.79 Å². The van der Waals surface area contributed by atoms with Crippen LogP contribution in [0.1, 0.15) is 10.5 Å². The Morgan fingerprint density at radius 2 is 2.05 bits per heavy atom. The first-order valence-corrected chi connectivity index (χ1v) is 6.15. The molecule has 0 aliphatic carbocycles. The molecule has 20 heavy (non-hydrogen) atoms. The number of pyridine rings is 1. The predicted octanol–water partition coefficient (Wildman–Crippen LogP) is 1.26. The van der Waals surface area contributed by atoms with E-state index in [0.29, 0.717) is 13.2 Å². The van der Waals surface area contributed by atoms with Crippen LogP contribution in [-0.4, -0.2) is 24.0 Å². The van der Waals surface area contributed by atoms with E-state index in [1.807, 2.05) is 24.3 Å². The minimum Gasteiger partial charge on any atom is -0.492 e. The van der Waals surface area contributed by atoms with E-state index in [-0.39, 0.29) is 5.69 Å². The number of carbonyl (C=O) groups excluding carboxylic acids is 1. The van der Waals surface area contributed by atoms with Crippen molar-refractivity contribution in [1.82, 2.24) is 4.98 Å². The number of nitrogens with zero attached hydrogens (tertiary/aromatic N) is 1. The quantitative estimate of drug-likeness (QED) is 0.734. The molecule has 0 unspecified atom stereocenters. The standard InChI is InChI=1S/C14H16N4O2/c15-5-7-20-12-3-1-2-10(8-12)18-11-4-6-17-13(9-11)14(16)19/h1-4,6,8-9H,5,7,15H2,(H2,16,19)(H,17,18). The van der Waals surface area contributed by atoms with E-state index in [1.165, 1.54) is 6.20 Å². The van der Waals surface area contributed by atoms with Crippen molar-refractivity contribution in [2.75, 3.05) is 18.5 Å². The summed E-state index contributed by atoms with van der Waals surface area (Å²) < 4.78 is 5.44. The molecule has 1 heterocycles. The molecular formula is C14H16N4O2. The zero-order valence-corrected chi connectivity index (χ0v) is 10.9. The van der Waals surface area contributed by atoms with Crippen LogP contribution >= 0.6 is 0 Å². The molecule has 0 bridgehead atoms. The summed E-state index contributed by atoms with van der Waals surface area (Å²) in [4.78, 5) is 15.0. The number of aromatic nitrogens is 1. The number of hydrogen-bond donors (Lipinski definition) is 3. The van der Waals surface area contributed by atoms with Crippen LogP contribution in [0.15, 0.2) is 42.6 Å². The molecule has 0 fully saturated rings. The van der Waals surface area contributed by atoms with Gasteiger partial charge in [0.05, 0.1) is 0 Å². The fourth-order valence-electron chi connectivity index (χ4n) is 1.65. The number of nitrogens with two attached hydrogens (primary N) is 2. The van der Waals surface area contributed by atoms with Gasteiger partial charge >= 0.3 is 0 Å². The predicted molar refractivity (Wildman–Crippen MR) is 77.0 cm³/mol. The van der Waals surface area contributed by atoms with Crippen LogP contribution < -0.4 is 21.5 Å². The molecule has 104 valence electrons. The van der Waals surface area contributed by atoms with Gasteiger partial charge in [0.1, 0.15) is 18.1 Å². The second-order valence-corrected chi connectivity index (χ2v) is 4.08. The number of nitrogens with one attached hydrogen (secondary N) is 1. The zero-order chi connectivity index (χ0) is 14.4. The molecule has 1 amide bonds. The average molecular weight is 272 g/mol. The van der Waals surface area contributed by atoms with Gasteiger partial charge in [-0.05, 0) is 24.3 Å². The number of amides is 1. The highest BCUT2D eigenvalue weighted by atomic mass is 16.5. The maximum atomic E-state index is 11.1. The monoisotopic (exact) mass is 272 g/mol. The minimum atomic E-state index is -0.561. The molecule has 2 aromatic rings. The maximum Gasteiger partial charge on any atom is 0.267 e. The lowest BCUT2D eigenvalue weighted by Gasteiger charge is -2.09. The Balaban J connectivity index is 2.13. The molecule has 0 radical (unpaired) electrons. The van der Waals surface area contributed by atoms with Gasteiger partial charge in [0.2, 0.25) is 0 Å². The number of ether oxygens (including phenoxy) is 1. The minimum absolute atomic E-state index is 0.213. The SMILES string of the molecule is NCCOc1cccc(Nc2ccnc(C(N)=O)c2)c1. The van der Waals surface area contributed by atoms with Gasteiger partial charge in [-0.1, -0.05) is 6.07 Å². The normalized spacial score (nSPS) is 10.1. The molecule has 6 nitrogen and oxygen atoms in total. The van der Waals surface area contributed by atoms with Gasteiger partial charge in [-0.25, -0.2) is 0 Å². The highest BCUT2D eigenvalue weighted by molar-refractivity contribution is 5.91.